The molecule has 0 N–H and O–H groups in total. The molecule has 4 nitrogen and oxygen atoms in total. The molecule has 4 heteroatoms. The van der Waals surface area contributed by atoms with Gasteiger partial charge in [0.1, 0.15) is 5.75 Å². The fourth-order valence-electron chi connectivity index (χ4n) is 4.89. The van der Waals surface area contributed by atoms with Gasteiger partial charge in [-0.05, 0) is 35.4 Å². The van der Waals surface area contributed by atoms with E-state index in [1.54, 1.807) is 31.4 Å². The number of ether oxygens (including phenoxy) is 1. The highest BCUT2D eigenvalue weighted by molar-refractivity contribution is 6.32. The van der Waals surface area contributed by atoms with Gasteiger partial charge in [0.15, 0.2) is 11.6 Å². The van der Waals surface area contributed by atoms with E-state index in [0.29, 0.717) is 33.6 Å². The zero-order valence-corrected chi connectivity index (χ0v) is 19.1. The number of benzene rings is 4. The summed E-state index contributed by atoms with van der Waals surface area (Å²) in [6.07, 6.45) is 0. The Bertz CT molecular complexity index is 1480. The maximum atomic E-state index is 14.0. The van der Waals surface area contributed by atoms with Gasteiger partial charge in [-0.15, -0.1) is 0 Å². The fraction of sp³-hybridized carbons (Fsp3) is 0.0323. The van der Waals surface area contributed by atoms with Crippen molar-refractivity contribution in [2.45, 2.75) is 0 Å². The molecule has 35 heavy (non-hydrogen) atoms. The molecule has 1 aliphatic rings. The number of carbonyl (C=O) groups excluding carboxylic acids is 2. The van der Waals surface area contributed by atoms with Gasteiger partial charge in [0, 0.05) is 16.8 Å². The van der Waals surface area contributed by atoms with Crippen molar-refractivity contribution in [1.82, 2.24) is 4.57 Å². The standard InChI is InChI=1S/C31H21NO3/c1-35-23-18-16-22(17-19-23)32-28(20-10-4-2-5-11-20)26-27(29(32)21-12-6-3-7-13-21)31(34)25-15-9-8-14-24(25)30(26)33/h2-19H,1H3. The lowest BCUT2D eigenvalue weighted by atomic mass is 9.83. The van der Waals surface area contributed by atoms with E-state index in [1.807, 2.05) is 89.5 Å². The van der Waals surface area contributed by atoms with Crippen LogP contribution >= 0.6 is 0 Å². The van der Waals surface area contributed by atoms with Crippen LogP contribution in [0.1, 0.15) is 31.8 Å². The molecule has 0 unspecified atom stereocenters. The molecule has 0 aliphatic heterocycles. The number of hydrogen-bond donors (Lipinski definition) is 0. The van der Waals surface area contributed by atoms with E-state index >= 15 is 0 Å². The van der Waals surface area contributed by atoms with Crippen molar-refractivity contribution in [2.75, 3.05) is 7.11 Å². The molecular weight excluding hydrogens is 434 g/mol. The van der Waals surface area contributed by atoms with Crippen LogP contribution in [0.5, 0.6) is 5.75 Å². The molecule has 0 amide bonds. The number of carbonyl (C=O) groups is 2. The van der Waals surface area contributed by atoms with Crippen molar-refractivity contribution in [1.29, 1.82) is 0 Å². The van der Waals surface area contributed by atoms with Crippen LogP contribution in [0.3, 0.4) is 0 Å². The zero-order valence-electron chi connectivity index (χ0n) is 19.1. The summed E-state index contributed by atoms with van der Waals surface area (Å²) in [5.41, 5.74) is 5.73. The predicted octanol–water partition coefficient (Wildman–Crippen LogP) is 6.60. The topological polar surface area (TPSA) is 48.3 Å². The average Bonchev–Trinajstić information content (AvgIpc) is 3.29. The monoisotopic (exact) mass is 455 g/mol. The Balaban J connectivity index is 1.79. The van der Waals surface area contributed by atoms with E-state index in [0.717, 1.165) is 22.6 Å². The van der Waals surface area contributed by atoms with Gasteiger partial charge >= 0.3 is 0 Å². The zero-order chi connectivity index (χ0) is 23.9. The van der Waals surface area contributed by atoms with Crippen molar-refractivity contribution in [2.24, 2.45) is 0 Å². The number of methoxy groups -OCH3 is 1. The third-order valence-corrected chi connectivity index (χ3v) is 6.47. The molecule has 0 saturated heterocycles. The Morgan fingerprint density at radius 2 is 0.971 bits per heavy atom. The van der Waals surface area contributed by atoms with Gasteiger partial charge in [-0.1, -0.05) is 84.9 Å². The molecule has 0 bridgehead atoms. The van der Waals surface area contributed by atoms with Crippen molar-refractivity contribution in [3.63, 3.8) is 0 Å². The Kier molecular flexibility index (Phi) is 4.93. The second-order valence-electron chi connectivity index (χ2n) is 8.42. The predicted molar refractivity (Wildman–Crippen MR) is 136 cm³/mol. The van der Waals surface area contributed by atoms with Crippen molar-refractivity contribution in [3.05, 3.63) is 131 Å². The minimum absolute atomic E-state index is 0.140. The van der Waals surface area contributed by atoms with Gasteiger partial charge in [-0.3, -0.25) is 9.59 Å². The van der Waals surface area contributed by atoms with Crippen molar-refractivity contribution >= 4 is 11.6 Å². The molecule has 1 aromatic heterocycles. The maximum Gasteiger partial charge on any atom is 0.196 e. The summed E-state index contributed by atoms with van der Waals surface area (Å²) in [6, 6.07) is 34.3. The molecule has 0 saturated carbocycles. The molecule has 4 aromatic carbocycles. The molecule has 0 atom stereocenters. The molecular formula is C31H21NO3. The minimum atomic E-state index is -0.140. The van der Waals surface area contributed by atoms with Gasteiger partial charge in [0.25, 0.3) is 0 Å². The second kappa shape index (κ2) is 8.26. The maximum absolute atomic E-state index is 14.0. The first-order valence-corrected chi connectivity index (χ1v) is 11.4. The first-order valence-electron chi connectivity index (χ1n) is 11.4. The van der Waals surface area contributed by atoms with Crippen LogP contribution in [0.2, 0.25) is 0 Å². The Morgan fingerprint density at radius 3 is 1.40 bits per heavy atom. The minimum Gasteiger partial charge on any atom is -0.497 e. The third kappa shape index (κ3) is 3.22. The summed E-state index contributed by atoms with van der Waals surface area (Å²) in [5.74, 6) is 0.449. The van der Waals surface area contributed by atoms with Crippen LogP contribution in [-0.4, -0.2) is 23.2 Å². The summed E-state index contributed by atoms with van der Waals surface area (Å²) in [5, 5.41) is 0. The second-order valence-corrected chi connectivity index (χ2v) is 8.42. The van der Waals surface area contributed by atoms with E-state index < -0.39 is 0 Å². The van der Waals surface area contributed by atoms with Crippen LogP contribution in [0.15, 0.2) is 109 Å². The van der Waals surface area contributed by atoms with Gasteiger partial charge in [0.05, 0.1) is 29.6 Å². The fourth-order valence-corrected chi connectivity index (χ4v) is 4.89. The number of rotatable bonds is 4. The van der Waals surface area contributed by atoms with Crippen molar-refractivity contribution < 1.29 is 14.3 Å². The Hall–Kier alpha value is -4.70. The summed E-state index contributed by atoms with van der Waals surface area (Å²) in [4.78, 5) is 28.0. The number of fused-ring (bicyclic) bond motifs is 2. The number of nitrogens with zero attached hydrogens (tertiary/aromatic N) is 1. The van der Waals surface area contributed by atoms with E-state index in [2.05, 4.69) is 0 Å². The van der Waals surface area contributed by atoms with E-state index in [1.165, 1.54) is 0 Å². The van der Waals surface area contributed by atoms with E-state index in [9.17, 15) is 9.59 Å². The number of ketones is 2. The lowest BCUT2D eigenvalue weighted by Gasteiger charge is -2.16. The summed E-state index contributed by atoms with van der Waals surface area (Å²) < 4.78 is 7.41. The molecule has 0 radical (unpaired) electrons. The summed E-state index contributed by atoms with van der Waals surface area (Å²) in [7, 11) is 1.63. The molecule has 5 aromatic rings. The van der Waals surface area contributed by atoms with Gasteiger partial charge < -0.3 is 9.30 Å². The summed E-state index contributed by atoms with van der Waals surface area (Å²) in [6.45, 7) is 0. The SMILES string of the molecule is COc1ccc(-n2c(-c3ccccc3)c3c(c2-c2ccccc2)C(=O)c2ccccc2C3=O)cc1. The van der Waals surface area contributed by atoms with Crippen LogP contribution in [0, 0.1) is 0 Å². The van der Waals surface area contributed by atoms with E-state index in [4.69, 9.17) is 4.74 Å². The Labute approximate surface area is 203 Å². The molecule has 1 heterocycles. The first-order chi connectivity index (χ1) is 17.2. The van der Waals surface area contributed by atoms with Crippen molar-refractivity contribution in [3.8, 4) is 34.0 Å². The Morgan fingerprint density at radius 1 is 0.543 bits per heavy atom. The smallest absolute Gasteiger partial charge is 0.196 e. The molecule has 1 aliphatic carbocycles. The molecule has 0 spiro atoms. The lowest BCUT2D eigenvalue weighted by molar-refractivity contribution is 0.0981. The van der Waals surface area contributed by atoms with Gasteiger partial charge in [-0.2, -0.15) is 0 Å². The quantitative estimate of drug-likeness (QED) is 0.301. The third-order valence-electron chi connectivity index (χ3n) is 6.47. The molecule has 6 rings (SSSR count). The normalized spacial score (nSPS) is 12.3. The first kappa shape index (κ1) is 20.9. The highest BCUT2D eigenvalue weighted by Gasteiger charge is 2.38. The largest absolute Gasteiger partial charge is 0.497 e. The average molecular weight is 456 g/mol. The van der Waals surface area contributed by atoms with Crippen LogP contribution in [-0.2, 0) is 0 Å². The number of aromatic nitrogens is 1. The van der Waals surface area contributed by atoms with Crippen LogP contribution in [0.4, 0.5) is 0 Å². The van der Waals surface area contributed by atoms with Gasteiger partial charge in [0.2, 0.25) is 0 Å². The van der Waals surface area contributed by atoms with Crippen LogP contribution in [0.25, 0.3) is 28.2 Å². The van der Waals surface area contributed by atoms with Gasteiger partial charge in [-0.25, -0.2) is 0 Å². The molecule has 168 valence electrons. The van der Waals surface area contributed by atoms with E-state index in [-0.39, 0.29) is 11.6 Å². The highest BCUT2D eigenvalue weighted by Crippen LogP contribution is 2.44. The lowest BCUT2D eigenvalue weighted by Crippen LogP contribution is -2.20. The summed E-state index contributed by atoms with van der Waals surface area (Å²) >= 11 is 0. The highest BCUT2D eigenvalue weighted by atomic mass is 16.5. The number of hydrogen-bond acceptors (Lipinski definition) is 3. The van der Waals surface area contributed by atoms with Crippen LogP contribution < -0.4 is 4.74 Å². The molecule has 0 fully saturated rings.